The number of hydrogen-bond donors (Lipinski definition) is 2. The third-order valence-corrected chi connectivity index (χ3v) is 4.16. The lowest BCUT2D eigenvalue weighted by molar-refractivity contribution is 0.102. The Kier molecular flexibility index (Phi) is 3.84. The van der Waals surface area contributed by atoms with Gasteiger partial charge in [-0.3, -0.25) is 15.1 Å². The van der Waals surface area contributed by atoms with Gasteiger partial charge in [-0.1, -0.05) is 29.5 Å². The molecule has 0 aliphatic heterocycles. The van der Waals surface area contributed by atoms with Gasteiger partial charge in [-0.25, -0.2) is 4.98 Å². The normalized spacial score (nSPS) is 10.4. The Morgan fingerprint density at radius 2 is 1.95 bits per heavy atom. The number of hydrogen-bond acceptors (Lipinski definition) is 5. The number of benzene rings is 1. The van der Waals surface area contributed by atoms with Crippen molar-refractivity contribution in [1.82, 2.24) is 9.97 Å². The fourth-order valence-corrected chi connectivity index (χ4v) is 2.95. The van der Waals surface area contributed by atoms with Crippen LogP contribution in [0.3, 0.4) is 0 Å². The number of phenols is 1. The molecule has 0 spiro atoms. The maximum atomic E-state index is 12.2. The number of amides is 1. The standard InChI is InChI=1S/C16H13N3O2S/c1-10-14(12-7-4-5-9-17-12)22-16(18-10)19-15(21)11-6-2-3-8-13(11)20/h2-9,20H,1H3,(H,18,19,21). The van der Waals surface area contributed by atoms with Crippen molar-refractivity contribution in [2.45, 2.75) is 6.92 Å². The van der Waals surface area contributed by atoms with Crippen LogP contribution in [0.4, 0.5) is 5.13 Å². The first-order chi connectivity index (χ1) is 10.6. The molecule has 1 amide bonds. The summed E-state index contributed by atoms with van der Waals surface area (Å²) in [5, 5.41) is 12.9. The number of carbonyl (C=O) groups is 1. The molecule has 2 heterocycles. The summed E-state index contributed by atoms with van der Waals surface area (Å²) in [6.07, 6.45) is 1.72. The Balaban J connectivity index is 1.86. The quantitative estimate of drug-likeness (QED) is 0.776. The highest BCUT2D eigenvalue weighted by molar-refractivity contribution is 7.19. The maximum Gasteiger partial charge on any atom is 0.261 e. The molecule has 3 rings (SSSR count). The van der Waals surface area contributed by atoms with Crippen molar-refractivity contribution in [2.24, 2.45) is 0 Å². The Morgan fingerprint density at radius 1 is 1.18 bits per heavy atom. The number of aromatic hydroxyl groups is 1. The number of rotatable bonds is 3. The summed E-state index contributed by atoms with van der Waals surface area (Å²) in [4.78, 5) is 21.7. The number of phenolic OH excluding ortho intramolecular Hbond substituents is 1. The molecule has 0 saturated carbocycles. The molecule has 110 valence electrons. The van der Waals surface area contributed by atoms with Crippen molar-refractivity contribution in [2.75, 3.05) is 5.32 Å². The SMILES string of the molecule is Cc1nc(NC(=O)c2ccccc2O)sc1-c1ccccn1. The number of nitrogens with one attached hydrogen (secondary N) is 1. The topological polar surface area (TPSA) is 75.1 Å². The zero-order valence-electron chi connectivity index (χ0n) is 11.8. The third kappa shape index (κ3) is 2.82. The molecule has 6 heteroatoms. The minimum Gasteiger partial charge on any atom is -0.507 e. The van der Waals surface area contributed by atoms with Gasteiger partial charge in [-0.05, 0) is 31.2 Å². The second kappa shape index (κ2) is 5.95. The number of pyridine rings is 1. The van der Waals surface area contributed by atoms with E-state index in [1.807, 2.05) is 25.1 Å². The Morgan fingerprint density at radius 3 is 2.68 bits per heavy atom. The molecule has 0 fully saturated rings. The molecule has 0 saturated heterocycles. The van der Waals surface area contributed by atoms with E-state index in [1.165, 1.54) is 17.4 Å². The fraction of sp³-hybridized carbons (Fsp3) is 0.0625. The first kappa shape index (κ1) is 14.2. The van der Waals surface area contributed by atoms with Gasteiger partial charge in [0.15, 0.2) is 5.13 Å². The summed E-state index contributed by atoms with van der Waals surface area (Å²) >= 11 is 1.35. The summed E-state index contributed by atoms with van der Waals surface area (Å²) in [6, 6.07) is 12.0. The maximum absolute atomic E-state index is 12.2. The summed E-state index contributed by atoms with van der Waals surface area (Å²) < 4.78 is 0. The number of anilines is 1. The molecule has 5 nitrogen and oxygen atoms in total. The van der Waals surface area contributed by atoms with E-state index in [0.29, 0.717) is 5.13 Å². The van der Waals surface area contributed by atoms with Gasteiger partial charge in [0.2, 0.25) is 0 Å². The van der Waals surface area contributed by atoms with Gasteiger partial charge in [0.1, 0.15) is 5.75 Å². The van der Waals surface area contributed by atoms with Gasteiger partial charge in [0.25, 0.3) is 5.91 Å². The van der Waals surface area contributed by atoms with Gasteiger partial charge in [0.05, 0.1) is 21.8 Å². The molecule has 0 unspecified atom stereocenters. The Hall–Kier alpha value is -2.73. The Labute approximate surface area is 131 Å². The number of aromatic nitrogens is 2. The van der Waals surface area contributed by atoms with Crippen molar-refractivity contribution >= 4 is 22.4 Å². The van der Waals surface area contributed by atoms with E-state index in [-0.39, 0.29) is 17.2 Å². The fourth-order valence-electron chi connectivity index (χ4n) is 2.01. The lowest BCUT2D eigenvalue weighted by atomic mass is 10.2. The highest BCUT2D eigenvalue weighted by Gasteiger charge is 2.15. The molecule has 0 aliphatic carbocycles. The van der Waals surface area contributed by atoms with Crippen LogP contribution < -0.4 is 5.32 Å². The summed E-state index contributed by atoms with van der Waals surface area (Å²) in [5.74, 6) is -0.447. The predicted molar refractivity (Wildman–Crippen MR) is 86.1 cm³/mol. The van der Waals surface area contributed by atoms with Crippen LogP contribution in [0.1, 0.15) is 16.1 Å². The van der Waals surface area contributed by atoms with Crippen molar-refractivity contribution in [3.8, 4) is 16.3 Å². The molecule has 0 atom stereocenters. The van der Waals surface area contributed by atoms with Crippen molar-refractivity contribution < 1.29 is 9.90 Å². The molecule has 0 bridgehead atoms. The van der Waals surface area contributed by atoms with Crippen LogP contribution in [0.15, 0.2) is 48.7 Å². The average molecular weight is 311 g/mol. The largest absolute Gasteiger partial charge is 0.507 e. The van der Waals surface area contributed by atoms with Crippen LogP contribution in [0.5, 0.6) is 5.75 Å². The second-order valence-electron chi connectivity index (χ2n) is 4.62. The molecule has 0 aliphatic rings. The molecular formula is C16H13N3O2S. The smallest absolute Gasteiger partial charge is 0.261 e. The first-order valence-corrected chi connectivity index (χ1v) is 7.45. The predicted octanol–water partition coefficient (Wildman–Crippen LogP) is 3.47. The zero-order valence-corrected chi connectivity index (χ0v) is 12.6. The van der Waals surface area contributed by atoms with Crippen LogP contribution in [0.2, 0.25) is 0 Å². The zero-order chi connectivity index (χ0) is 15.5. The minimum atomic E-state index is -0.389. The number of thiazole rings is 1. The minimum absolute atomic E-state index is 0.0572. The van der Waals surface area contributed by atoms with Gasteiger partial charge in [-0.15, -0.1) is 0 Å². The van der Waals surface area contributed by atoms with E-state index in [9.17, 15) is 9.90 Å². The highest BCUT2D eigenvalue weighted by atomic mass is 32.1. The Bertz CT molecular complexity index is 815. The van der Waals surface area contributed by atoms with Gasteiger partial charge < -0.3 is 5.11 Å². The van der Waals surface area contributed by atoms with Crippen molar-refractivity contribution in [1.29, 1.82) is 0 Å². The molecule has 22 heavy (non-hydrogen) atoms. The van der Waals surface area contributed by atoms with Gasteiger partial charge in [-0.2, -0.15) is 0 Å². The summed E-state index contributed by atoms with van der Waals surface area (Å²) in [6.45, 7) is 1.87. The summed E-state index contributed by atoms with van der Waals surface area (Å²) in [5.41, 5.74) is 1.84. The van der Waals surface area contributed by atoms with Crippen LogP contribution >= 0.6 is 11.3 Å². The van der Waals surface area contributed by atoms with Crippen LogP contribution in [0, 0.1) is 6.92 Å². The van der Waals surface area contributed by atoms with E-state index in [0.717, 1.165) is 16.3 Å². The lowest BCUT2D eigenvalue weighted by Gasteiger charge is -2.03. The molecule has 0 radical (unpaired) electrons. The molecule has 1 aromatic carbocycles. The second-order valence-corrected chi connectivity index (χ2v) is 5.62. The van der Waals surface area contributed by atoms with Crippen LogP contribution in [-0.4, -0.2) is 21.0 Å². The van der Waals surface area contributed by atoms with E-state index in [2.05, 4.69) is 15.3 Å². The van der Waals surface area contributed by atoms with Crippen LogP contribution in [0.25, 0.3) is 10.6 Å². The number of carbonyl (C=O) groups excluding carboxylic acids is 1. The van der Waals surface area contributed by atoms with E-state index < -0.39 is 0 Å². The summed E-state index contributed by atoms with van der Waals surface area (Å²) in [7, 11) is 0. The van der Waals surface area contributed by atoms with E-state index >= 15 is 0 Å². The lowest BCUT2D eigenvalue weighted by Crippen LogP contribution is -2.11. The van der Waals surface area contributed by atoms with Gasteiger partial charge in [0, 0.05) is 6.20 Å². The number of nitrogens with zero attached hydrogens (tertiary/aromatic N) is 2. The van der Waals surface area contributed by atoms with Crippen molar-refractivity contribution in [3.63, 3.8) is 0 Å². The average Bonchev–Trinajstić information content (AvgIpc) is 2.89. The van der Waals surface area contributed by atoms with Gasteiger partial charge >= 0.3 is 0 Å². The molecule has 2 aromatic heterocycles. The monoisotopic (exact) mass is 311 g/mol. The number of aryl methyl sites for hydroxylation is 1. The third-order valence-electron chi connectivity index (χ3n) is 3.06. The van der Waals surface area contributed by atoms with Crippen molar-refractivity contribution in [3.05, 3.63) is 59.9 Å². The van der Waals surface area contributed by atoms with E-state index in [1.54, 1.807) is 24.4 Å². The van der Waals surface area contributed by atoms with E-state index in [4.69, 9.17) is 0 Å². The molecular weight excluding hydrogens is 298 g/mol. The molecule has 2 N–H and O–H groups in total. The molecule has 3 aromatic rings. The number of para-hydroxylation sites is 1. The first-order valence-electron chi connectivity index (χ1n) is 6.63. The highest BCUT2D eigenvalue weighted by Crippen LogP contribution is 2.31. The van der Waals surface area contributed by atoms with Crippen LogP contribution in [-0.2, 0) is 0 Å².